The van der Waals surface area contributed by atoms with Gasteiger partial charge in [-0.2, -0.15) is 0 Å². The molecule has 1 aromatic rings. The van der Waals surface area contributed by atoms with Gasteiger partial charge in [0.2, 0.25) is 6.79 Å². The average Bonchev–Trinajstić information content (AvgIpc) is 2.81. The summed E-state index contributed by atoms with van der Waals surface area (Å²) in [6.07, 6.45) is 0.339. The van der Waals surface area contributed by atoms with Crippen LogP contribution in [0.15, 0.2) is 18.2 Å². The maximum Gasteiger partial charge on any atom is 0.231 e. The van der Waals surface area contributed by atoms with Gasteiger partial charge in [-0.3, -0.25) is 0 Å². The molecule has 0 spiro atoms. The van der Waals surface area contributed by atoms with Crippen molar-refractivity contribution in [2.24, 2.45) is 0 Å². The molecule has 94 valence electrons. The van der Waals surface area contributed by atoms with Gasteiger partial charge in [0, 0.05) is 13.5 Å². The number of methoxy groups -OCH3 is 1. The number of ether oxygens (including phenoxy) is 4. The summed E-state index contributed by atoms with van der Waals surface area (Å²) in [5, 5.41) is 9.17. The van der Waals surface area contributed by atoms with Gasteiger partial charge in [0.1, 0.15) is 6.79 Å². The molecule has 1 heterocycles. The third-order valence-electron chi connectivity index (χ3n) is 2.53. The van der Waals surface area contributed by atoms with E-state index in [-0.39, 0.29) is 26.3 Å². The highest BCUT2D eigenvalue weighted by atomic mass is 16.7. The number of aliphatic hydroxyl groups excluding tert-OH is 1. The number of benzene rings is 1. The van der Waals surface area contributed by atoms with Gasteiger partial charge in [0.15, 0.2) is 11.5 Å². The molecule has 0 aromatic heterocycles. The summed E-state index contributed by atoms with van der Waals surface area (Å²) in [5.41, 5.74) is 1.03. The molecule has 1 aliphatic rings. The predicted octanol–water partition coefficient (Wildman–Crippen LogP) is 0.939. The van der Waals surface area contributed by atoms with E-state index >= 15 is 0 Å². The molecule has 5 nitrogen and oxygen atoms in total. The lowest BCUT2D eigenvalue weighted by Crippen LogP contribution is -2.21. The molecule has 1 aromatic carbocycles. The number of fused-ring (bicyclic) bond motifs is 1. The largest absolute Gasteiger partial charge is 0.454 e. The molecule has 1 atom stereocenters. The normalized spacial score (nSPS) is 14.9. The molecule has 0 saturated heterocycles. The first-order valence-electron chi connectivity index (χ1n) is 5.43. The van der Waals surface area contributed by atoms with Gasteiger partial charge in [-0.15, -0.1) is 0 Å². The van der Waals surface area contributed by atoms with E-state index in [0.29, 0.717) is 6.42 Å². The molecule has 5 heteroatoms. The fraction of sp³-hybridized carbons (Fsp3) is 0.500. The Morgan fingerprint density at radius 3 is 2.94 bits per heavy atom. The van der Waals surface area contributed by atoms with Crippen LogP contribution in [0.3, 0.4) is 0 Å². The topological polar surface area (TPSA) is 57.2 Å². The molecule has 1 aliphatic heterocycles. The minimum absolute atomic E-state index is 0.0438. The van der Waals surface area contributed by atoms with Gasteiger partial charge in [0.05, 0.1) is 12.7 Å². The third-order valence-corrected chi connectivity index (χ3v) is 2.53. The summed E-state index contributed by atoms with van der Waals surface area (Å²) >= 11 is 0. The van der Waals surface area contributed by atoms with E-state index in [1.54, 1.807) is 7.11 Å². The van der Waals surface area contributed by atoms with Crippen LogP contribution in [0.5, 0.6) is 11.5 Å². The Balaban J connectivity index is 1.97. The highest BCUT2D eigenvalue weighted by Gasteiger charge is 2.15. The lowest BCUT2D eigenvalue weighted by atomic mass is 10.1. The molecule has 0 bridgehead atoms. The zero-order chi connectivity index (χ0) is 12.1. The van der Waals surface area contributed by atoms with E-state index in [2.05, 4.69) is 0 Å². The Hall–Kier alpha value is -1.30. The van der Waals surface area contributed by atoms with Crippen molar-refractivity contribution in [2.75, 3.05) is 27.3 Å². The number of hydrogen-bond acceptors (Lipinski definition) is 5. The monoisotopic (exact) mass is 240 g/mol. The Morgan fingerprint density at radius 1 is 1.35 bits per heavy atom. The first-order chi connectivity index (χ1) is 8.33. The summed E-state index contributed by atoms with van der Waals surface area (Å²) in [6, 6.07) is 5.70. The zero-order valence-corrected chi connectivity index (χ0v) is 9.72. The predicted molar refractivity (Wildman–Crippen MR) is 60.1 cm³/mol. The molecule has 0 amide bonds. The quantitative estimate of drug-likeness (QED) is 0.750. The van der Waals surface area contributed by atoms with Crippen LogP contribution >= 0.6 is 0 Å². The van der Waals surface area contributed by atoms with Crippen LogP contribution in [0.2, 0.25) is 0 Å². The van der Waals surface area contributed by atoms with Crippen molar-refractivity contribution in [1.29, 1.82) is 0 Å². The Morgan fingerprint density at radius 2 is 2.18 bits per heavy atom. The second kappa shape index (κ2) is 5.86. The fourth-order valence-electron chi connectivity index (χ4n) is 1.67. The van der Waals surface area contributed by atoms with Crippen molar-refractivity contribution >= 4 is 0 Å². The highest BCUT2D eigenvalue weighted by molar-refractivity contribution is 5.44. The number of rotatable bonds is 6. The van der Waals surface area contributed by atoms with Crippen LogP contribution in [0.25, 0.3) is 0 Å². The van der Waals surface area contributed by atoms with E-state index in [1.807, 2.05) is 18.2 Å². The van der Waals surface area contributed by atoms with E-state index in [4.69, 9.17) is 18.9 Å². The lowest BCUT2D eigenvalue weighted by molar-refractivity contribution is -0.0863. The van der Waals surface area contributed by atoms with E-state index in [9.17, 15) is 5.11 Å². The number of hydrogen-bond donors (Lipinski definition) is 1. The first-order valence-corrected chi connectivity index (χ1v) is 5.43. The SMILES string of the molecule is COCO[C@@H](CO)Cc1ccc2c(c1)OCO2. The molecule has 0 fully saturated rings. The van der Waals surface area contributed by atoms with E-state index < -0.39 is 0 Å². The van der Waals surface area contributed by atoms with Crippen LogP contribution in [-0.2, 0) is 15.9 Å². The van der Waals surface area contributed by atoms with Gasteiger partial charge < -0.3 is 24.1 Å². The first kappa shape index (κ1) is 12.2. The summed E-state index contributed by atoms with van der Waals surface area (Å²) in [6.45, 7) is 0.399. The summed E-state index contributed by atoms with van der Waals surface area (Å²) in [7, 11) is 1.55. The second-order valence-corrected chi connectivity index (χ2v) is 3.77. The van der Waals surface area contributed by atoms with E-state index in [1.165, 1.54) is 0 Å². The van der Waals surface area contributed by atoms with Crippen molar-refractivity contribution < 1.29 is 24.1 Å². The molecule has 1 N–H and O–H groups in total. The van der Waals surface area contributed by atoms with Gasteiger partial charge in [-0.05, 0) is 17.7 Å². The molecular formula is C12H16O5. The lowest BCUT2D eigenvalue weighted by Gasteiger charge is -2.14. The molecule has 0 saturated carbocycles. The third kappa shape index (κ3) is 3.09. The zero-order valence-electron chi connectivity index (χ0n) is 9.72. The van der Waals surface area contributed by atoms with Crippen molar-refractivity contribution in [3.05, 3.63) is 23.8 Å². The standard InChI is InChI=1S/C12H16O5/c1-14-7-15-10(6-13)4-9-2-3-11-12(5-9)17-8-16-11/h2-3,5,10,13H,4,6-8H2,1H3/t10-/m1/s1. The molecule has 0 aliphatic carbocycles. The fourth-order valence-corrected chi connectivity index (χ4v) is 1.67. The summed E-state index contributed by atoms with van der Waals surface area (Å²) < 4.78 is 20.6. The minimum atomic E-state index is -0.268. The van der Waals surface area contributed by atoms with Crippen LogP contribution < -0.4 is 9.47 Å². The van der Waals surface area contributed by atoms with Gasteiger partial charge >= 0.3 is 0 Å². The average molecular weight is 240 g/mol. The van der Waals surface area contributed by atoms with Gasteiger partial charge in [-0.1, -0.05) is 6.07 Å². The molecule has 17 heavy (non-hydrogen) atoms. The summed E-state index contributed by atoms with van der Waals surface area (Å²) in [4.78, 5) is 0. The van der Waals surface area contributed by atoms with Crippen LogP contribution in [0.4, 0.5) is 0 Å². The van der Waals surface area contributed by atoms with Crippen LogP contribution in [0.1, 0.15) is 5.56 Å². The van der Waals surface area contributed by atoms with E-state index in [0.717, 1.165) is 17.1 Å². The second-order valence-electron chi connectivity index (χ2n) is 3.77. The van der Waals surface area contributed by atoms with Gasteiger partial charge in [0.25, 0.3) is 0 Å². The smallest absolute Gasteiger partial charge is 0.231 e. The van der Waals surface area contributed by atoms with Crippen molar-refractivity contribution in [2.45, 2.75) is 12.5 Å². The molecular weight excluding hydrogens is 224 g/mol. The minimum Gasteiger partial charge on any atom is -0.454 e. The maximum atomic E-state index is 9.17. The highest BCUT2D eigenvalue weighted by Crippen LogP contribution is 2.32. The molecule has 2 rings (SSSR count). The Bertz CT molecular complexity index is 366. The Labute approximate surface area is 99.9 Å². The molecule has 0 unspecified atom stereocenters. The Kier molecular flexibility index (Phi) is 4.19. The van der Waals surface area contributed by atoms with Crippen molar-refractivity contribution in [1.82, 2.24) is 0 Å². The van der Waals surface area contributed by atoms with Crippen LogP contribution in [-0.4, -0.2) is 38.5 Å². The van der Waals surface area contributed by atoms with Crippen molar-refractivity contribution in [3.63, 3.8) is 0 Å². The van der Waals surface area contributed by atoms with Crippen LogP contribution in [0, 0.1) is 0 Å². The number of aliphatic hydroxyl groups is 1. The molecule has 0 radical (unpaired) electrons. The van der Waals surface area contributed by atoms with Gasteiger partial charge in [-0.25, -0.2) is 0 Å². The van der Waals surface area contributed by atoms with Crippen molar-refractivity contribution in [3.8, 4) is 11.5 Å². The summed E-state index contributed by atoms with van der Waals surface area (Å²) in [5.74, 6) is 1.50. The maximum absolute atomic E-state index is 9.17.